The average molecular weight is 392 g/mol. The summed E-state index contributed by atoms with van der Waals surface area (Å²) in [5, 5.41) is 12.8. The van der Waals surface area contributed by atoms with Gasteiger partial charge >= 0.3 is 0 Å². The maximum atomic E-state index is 8.67. The number of fused-ring (bicyclic) bond motifs is 2. The summed E-state index contributed by atoms with van der Waals surface area (Å²) in [7, 11) is 0. The standard InChI is InChI=1S/C10H7N3.C9H7BrN2/c11-5-7-1-2-8-6-13-10(12)4-9(8)3-7;10-8-2-1-6-5-12-9(11)4-7(6)3-8/h1-4,6H,(H2,12,13);1-5H,(H2,11,12). The van der Waals surface area contributed by atoms with Crippen LogP contribution in [0.2, 0.25) is 0 Å². The van der Waals surface area contributed by atoms with Gasteiger partial charge in [0, 0.05) is 27.6 Å². The lowest BCUT2D eigenvalue weighted by Gasteiger charge is -1.98. The summed E-state index contributed by atoms with van der Waals surface area (Å²) < 4.78 is 1.06. The number of hydrogen-bond acceptors (Lipinski definition) is 5. The van der Waals surface area contributed by atoms with Crippen molar-refractivity contribution in [3.63, 3.8) is 0 Å². The molecule has 0 radical (unpaired) electrons. The molecule has 2 heterocycles. The fourth-order valence-corrected chi connectivity index (χ4v) is 2.74. The molecular weight excluding hydrogens is 378 g/mol. The van der Waals surface area contributed by atoms with Crippen LogP contribution in [0.25, 0.3) is 21.5 Å². The Morgan fingerprint density at radius 2 is 1.32 bits per heavy atom. The molecule has 2 aromatic heterocycles. The highest BCUT2D eigenvalue weighted by Gasteiger charge is 1.96. The molecule has 0 fully saturated rings. The third-order valence-corrected chi connectivity index (χ3v) is 4.07. The van der Waals surface area contributed by atoms with Gasteiger partial charge in [-0.3, -0.25) is 0 Å². The smallest absolute Gasteiger partial charge is 0.123 e. The van der Waals surface area contributed by atoms with Crippen molar-refractivity contribution < 1.29 is 0 Å². The van der Waals surface area contributed by atoms with E-state index >= 15 is 0 Å². The third kappa shape index (κ3) is 4.03. The molecule has 25 heavy (non-hydrogen) atoms. The van der Waals surface area contributed by atoms with Gasteiger partial charge in [0.2, 0.25) is 0 Å². The number of hydrogen-bond donors (Lipinski definition) is 2. The van der Waals surface area contributed by atoms with Crippen molar-refractivity contribution in [1.29, 1.82) is 5.26 Å². The van der Waals surface area contributed by atoms with Crippen molar-refractivity contribution in [2.24, 2.45) is 0 Å². The van der Waals surface area contributed by atoms with E-state index in [4.69, 9.17) is 16.7 Å². The molecule has 6 heteroatoms. The van der Waals surface area contributed by atoms with Crippen LogP contribution in [-0.2, 0) is 0 Å². The number of nitrogen functional groups attached to an aromatic ring is 2. The molecule has 2 aromatic carbocycles. The van der Waals surface area contributed by atoms with E-state index in [1.165, 1.54) is 0 Å². The predicted octanol–water partition coefficient (Wildman–Crippen LogP) is 4.27. The van der Waals surface area contributed by atoms with E-state index in [9.17, 15) is 0 Å². The molecule has 0 aliphatic heterocycles. The quantitative estimate of drug-likeness (QED) is 0.465. The summed E-state index contributed by atoms with van der Waals surface area (Å²) in [6.07, 6.45) is 3.48. The van der Waals surface area contributed by atoms with Crippen molar-refractivity contribution in [3.8, 4) is 6.07 Å². The summed E-state index contributed by atoms with van der Waals surface area (Å²) in [5.41, 5.74) is 11.7. The molecule has 0 bridgehead atoms. The van der Waals surface area contributed by atoms with Gasteiger partial charge in [0.1, 0.15) is 11.6 Å². The zero-order valence-corrected chi connectivity index (χ0v) is 14.7. The lowest BCUT2D eigenvalue weighted by atomic mass is 10.1. The first-order chi connectivity index (χ1) is 12.0. The van der Waals surface area contributed by atoms with Gasteiger partial charge in [0.15, 0.2) is 0 Å². The number of nitrogens with zero attached hydrogens (tertiary/aromatic N) is 3. The van der Waals surface area contributed by atoms with Crippen LogP contribution in [0.15, 0.2) is 65.4 Å². The summed E-state index contributed by atoms with van der Waals surface area (Å²) >= 11 is 3.40. The number of nitrogens with two attached hydrogens (primary N) is 2. The van der Waals surface area contributed by atoms with Crippen LogP contribution < -0.4 is 11.5 Å². The van der Waals surface area contributed by atoms with Crippen molar-refractivity contribution in [1.82, 2.24) is 9.97 Å². The van der Waals surface area contributed by atoms with Crippen LogP contribution in [0.5, 0.6) is 0 Å². The van der Waals surface area contributed by atoms with Crippen LogP contribution in [0, 0.1) is 11.3 Å². The molecule has 5 nitrogen and oxygen atoms in total. The van der Waals surface area contributed by atoms with Crippen molar-refractivity contribution in [3.05, 3.63) is 71.0 Å². The molecule has 4 N–H and O–H groups in total. The Morgan fingerprint density at radius 3 is 1.92 bits per heavy atom. The molecular formula is C19H14BrN5. The molecule has 0 aliphatic carbocycles. The monoisotopic (exact) mass is 391 g/mol. The van der Waals surface area contributed by atoms with Crippen molar-refractivity contribution in [2.75, 3.05) is 11.5 Å². The second kappa shape index (κ2) is 7.16. The molecule has 0 spiro atoms. The molecule has 0 unspecified atom stereocenters. The number of pyridine rings is 2. The molecule has 0 aliphatic rings. The second-order valence-corrected chi connectivity index (χ2v) is 6.30. The van der Waals surface area contributed by atoms with E-state index in [2.05, 4.69) is 32.0 Å². The largest absolute Gasteiger partial charge is 0.384 e. The normalized spacial score (nSPS) is 10.1. The SMILES string of the molecule is N#Cc1ccc2cnc(N)cc2c1.Nc1cc2cc(Br)ccc2cn1. The van der Waals surface area contributed by atoms with E-state index in [1.54, 1.807) is 30.6 Å². The van der Waals surface area contributed by atoms with Crippen LogP contribution in [0.3, 0.4) is 0 Å². The van der Waals surface area contributed by atoms with E-state index in [-0.39, 0.29) is 0 Å². The number of rotatable bonds is 0. The predicted molar refractivity (Wildman–Crippen MR) is 105 cm³/mol. The summed E-state index contributed by atoms with van der Waals surface area (Å²) in [5.74, 6) is 1.03. The Labute approximate surface area is 153 Å². The highest BCUT2D eigenvalue weighted by molar-refractivity contribution is 9.10. The first kappa shape index (κ1) is 16.7. The van der Waals surface area contributed by atoms with Crippen LogP contribution >= 0.6 is 15.9 Å². The lowest BCUT2D eigenvalue weighted by Crippen LogP contribution is -1.88. The van der Waals surface area contributed by atoms with Gasteiger partial charge in [-0.25, -0.2) is 9.97 Å². The fourth-order valence-electron chi connectivity index (χ4n) is 2.36. The van der Waals surface area contributed by atoms with Crippen molar-refractivity contribution >= 4 is 49.1 Å². The number of anilines is 2. The Bertz CT molecular complexity index is 1070. The zero-order valence-electron chi connectivity index (χ0n) is 13.1. The van der Waals surface area contributed by atoms with E-state index in [1.807, 2.05) is 30.3 Å². The fraction of sp³-hybridized carbons (Fsp3) is 0. The second-order valence-electron chi connectivity index (χ2n) is 5.38. The minimum atomic E-state index is 0.475. The van der Waals surface area contributed by atoms with Crippen LogP contribution in [0.1, 0.15) is 5.56 Å². The molecule has 0 saturated heterocycles. The first-order valence-electron chi connectivity index (χ1n) is 7.41. The molecule has 4 aromatic rings. The molecule has 0 amide bonds. The zero-order chi connectivity index (χ0) is 17.8. The van der Waals surface area contributed by atoms with Gasteiger partial charge < -0.3 is 11.5 Å². The average Bonchev–Trinajstić information content (AvgIpc) is 2.61. The van der Waals surface area contributed by atoms with E-state index in [0.717, 1.165) is 26.0 Å². The lowest BCUT2D eigenvalue weighted by molar-refractivity contribution is 1.37. The molecule has 122 valence electrons. The molecule has 4 rings (SSSR count). The van der Waals surface area contributed by atoms with E-state index in [0.29, 0.717) is 17.2 Å². The minimum absolute atomic E-state index is 0.475. The Morgan fingerprint density at radius 1 is 0.760 bits per heavy atom. The van der Waals surface area contributed by atoms with Gasteiger partial charge in [0.25, 0.3) is 0 Å². The first-order valence-corrected chi connectivity index (χ1v) is 8.20. The number of nitriles is 1. The Hall–Kier alpha value is -3.17. The van der Waals surface area contributed by atoms with Gasteiger partial charge in [-0.05, 0) is 47.2 Å². The Kier molecular flexibility index (Phi) is 4.78. The molecule has 0 saturated carbocycles. The number of halogens is 1. The highest BCUT2D eigenvalue weighted by atomic mass is 79.9. The van der Waals surface area contributed by atoms with Crippen molar-refractivity contribution in [2.45, 2.75) is 0 Å². The van der Waals surface area contributed by atoms with Crippen LogP contribution in [-0.4, -0.2) is 9.97 Å². The highest BCUT2D eigenvalue weighted by Crippen LogP contribution is 2.20. The Balaban J connectivity index is 0.000000146. The van der Waals surface area contributed by atoms with Crippen LogP contribution in [0.4, 0.5) is 11.6 Å². The molecule has 0 atom stereocenters. The van der Waals surface area contributed by atoms with Gasteiger partial charge in [0.05, 0.1) is 11.6 Å². The number of aromatic nitrogens is 2. The van der Waals surface area contributed by atoms with E-state index < -0.39 is 0 Å². The van der Waals surface area contributed by atoms with Gasteiger partial charge in [-0.15, -0.1) is 0 Å². The van der Waals surface area contributed by atoms with Gasteiger partial charge in [-0.2, -0.15) is 5.26 Å². The van der Waals surface area contributed by atoms with Gasteiger partial charge in [-0.1, -0.05) is 28.1 Å². The number of benzene rings is 2. The maximum Gasteiger partial charge on any atom is 0.123 e. The minimum Gasteiger partial charge on any atom is -0.384 e. The summed E-state index contributed by atoms with van der Waals surface area (Å²) in [4.78, 5) is 7.96. The summed E-state index contributed by atoms with van der Waals surface area (Å²) in [6, 6.07) is 17.1. The maximum absolute atomic E-state index is 8.67. The third-order valence-electron chi connectivity index (χ3n) is 3.58. The summed E-state index contributed by atoms with van der Waals surface area (Å²) in [6.45, 7) is 0. The topological polar surface area (TPSA) is 102 Å².